The molecule has 0 aliphatic carbocycles. The average Bonchev–Trinajstić information content (AvgIpc) is 2.19. The second-order valence-corrected chi connectivity index (χ2v) is 6.09. The van der Waals surface area contributed by atoms with Gasteiger partial charge in [0.25, 0.3) is 0 Å². The Bertz CT molecular complexity index is 524. The lowest BCUT2D eigenvalue weighted by molar-refractivity contribution is -0.134. The Morgan fingerprint density at radius 3 is 2.44 bits per heavy atom. The lowest BCUT2D eigenvalue weighted by Gasteiger charge is -2.10. The van der Waals surface area contributed by atoms with Crippen molar-refractivity contribution in [1.29, 1.82) is 0 Å². The maximum atomic E-state index is 12.0. The Balaban J connectivity index is 2.84. The molecule has 102 valence electrons. The van der Waals surface area contributed by atoms with E-state index in [0.717, 1.165) is 0 Å². The van der Waals surface area contributed by atoms with Crippen LogP contribution in [0.4, 0.5) is 18.9 Å². The third kappa shape index (κ3) is 3.90. The minimum absolute atomic E-state index is 0.00433. The van der Waals surface area contributed by atoms with Crippen LogP contribution < -0.4 is 5.73 Å². The van der Waals surface area contributed by atoms with Gasteiger partial charge in [-0.3, -0.25) is 0 Å². The van der Waals surface area contributed by atoms with Crippen LogP contribution in [0, 0.1) is 6.92 Å². The van der Waals surface area contributed by atoms with Gasteiger partial charge in [0.2, 0.25) is 0 Å². The smallest absolute Gasteiger partial charge is 0.389 e. The number of sulfone groups is 1. The summed E-state index contributed by atoms with van der Waals surface area (Å²) in [7, 11) is -3.72. The SMILES string of the molecule is Cc1c(N)cccc1S(=O)(=O)CCCC(F)(F)F. The van der Waals surface area contributed by atoms with Gasteiger partial charge in [0, 0.05) is 12.1 Å². The van der Waals surface area contributed by atoms with E-state index in [1.54, 1.807) is 6.07 Å². The quantitative estimate of drug-likeness (QED) is 0.863. The van der Waals surface area contributed by atoms with Crippen molar-refractivity contribution in [1.82, 2.24) is 0 Å². The van der Waals surface area contributed by atoms with Gasteiger partial charge in [-0.1, -0.05) is 6.07 Å². The first kappa shape index (κ1) is 14.8. The zero-order chi connectivity index (χ0) is 14.0. The van der Waals surface area contributed by atoms with E-state index in [9.17, 15) is 21.6 Å². The maximum Gasteiger partial charge on any atom is 0.389 e. The highest BCUT2D eigenvalue weighted by Crippen LogP contribution is 2.25. The van der Waals surface area contributed by atoms with Crippen LogP contribution in [0.1, 0.15) is 18.4 Å². The van der Waals surface area contributed by atoms with Gasteiger partial charge in [0.05, 0.1) is 10.6 Å². The predicted octanol–water partition coefficient (Wildman–Crippen LogP) is 2.69. The lowest BCUT2D eigenvalue weighted by Crippen LogP contribution is -2.13. The van der Waals surface area contributed by atoms with Gasteiger partial charge < -0.3 is 5.73 Å². The third-order valence-corrected chi connectivity index (χ3v) is 4.47. The molecule has 0 bridgehead atoms. The first-order valence-electron chi connectivity index (χ1n) is 5.28. The fraction of sp³-hybridized carbons (Fsp3) is 0.455. The summed E-state index contributed by atoms with van der Waals surface area (Å²) in [6, 6.07) is 4.37. The van der Waals surface area contributed by atoms with Crippen LogP contribution in [0.5, 0.6) is 0 Å². The number of nitrogen functional groups attached to an aromatic ring is 1. The van der Waals surface area contributed by atoms with Crippen LogP contribution in [0.3, 0.4) is 0 Å². The van der Waals surface area contributed by atoms with Crippen molar-refractivity contribution < 1.29 is 21.6 Å². The second kappa shape index (κ2) is 5.17. The monoisotopic (exact) mass is 281 g/mol. The molecule has 7 heteroatoms. The summed E-state index contributed by atoms with van der Waals surface area (Å²) in [5.74, 6) is -0.531. The summed E-state index contributed by atoms with van der Waals surface area (Å²) in [6.07, 6.45) is -5.88. The van der Waals surface area contributed by atoms with Crippen LogP contribution in [0.15, 0.2) is 23.1 Å². The van der Waals surface area contributed by atoms with Gasteiger partial charge >= 0.3 is 6.18 Å². The number of halogens is 3. The van der Waals surface area contributed by atoms with E-state index in [-0.39, 0.29) is 4.90 Å². The topological polar surface area (TPSA) is 60.2 Å². The highest BCUT2D eigenvalue weighted by atomic mass is 32.2. The molecule has 0 aliphatic heterocycles. The van der Waals surface area contributed by atoms with E-state index in [0.29, 0.717) is 11.3 Å². The number of nitrogens with two attached hydrogens (primary N) is 1. The Labute approximate surface area is 104 Å². The molecule has 3 nitrogen and oxygen atoms in total. The van der Waals surface area contributed by atoms with E-state index in [4.69, 9.17) is 5.73 Å². The fourth-order valence-electron chi connectivity index (χ4n) is 1.54. The molecule has 0 aromatic heterocycles. The van der Waals surface area contributed by atoms with Crippen molar-refractivity contribution in [2.45, 2.75) is 30.8 Å². The van der Waals surface area contributed by atoms with Crippen LogP contribution in [-0.2, 0) is 9.84 Å². The largest absolute Gasteiger partial charge is 0.398 e. The van der Waals surface area contributed by atoms with Gasteiger partial charge in [-0.05, 0) is 31.0 Å². The summed E-state index contributed by atoms with van der Waals surface area (Å²) in [5.41, 5.74) is 6.26. The molecule has 0 aliphatic rings. The average molecular weight is 281 g/mol. The van der Waals surface area contributed by atoms with Crippen molar-refractivity contribution >= 4 is 15.5 Å². The first-order chi connectivity index (χ1) is 8.13. The van der Waals surface area contributed by atoms with Crippen molar-refractivity contribution in [3.8, 4) is 0 Å². The molecular weight excluding hydrogens is 267 g/mol. The Kier molecular flexibility index (Phi) is 4.26. The van der Waals surface area contributed by atoms with Gasteiger partial charge in [-0.25, -0.2) is 8.42 Å². The summed E-state index contributed by atoms with van der Waals surface area (Å²) >= 11 is 0. The minimum Gasteiger partial charge on any atom is -0.398 e. The molecule has 0 unspecified atom stereocenters. The predicted molar refractivity (Wildman–Crippen MR) is 62.9 cm³/mol. The Morgan fingerprint density at radius 2 is 1.89 bits per heavy atom. The van der Waals surface area contributed by atoms with E-state index in [2.05, 4.69) is 0 Å². The fourth-order valence-corrected chi connectivity index (χ4v) is 3.16. The van der Waals surface area contributed by atoms with Gasteiger partial charge in [0.1, 0.15) is 0 Å². The van der Waals surface area contributed by atoms with E-state index >= 15 is 0 Å². The number of benzene rings is 1. The molecule has 1 aromatic carbocycles. The summed E-state index contributed by atoms with van der Waals surface area (Å²) in [6.45, 7) is 1.53. The number of anilines is 1. The molecule has 18 heavy (non-hydrogen) atoms. The second-order valence-electron chi connectivity index (χ2n) is 4.01. The number of rotatable bonds is 4. The van der Waals surface area contributed by atoms with E-state index in [1.165, 1.54) is 19.1 Å². The summed E-state index contributed by atoms with van der Waals surface area (Å²) < 4.78 is 59.6. The highest BCUT2D eigenvalue weighted by Gasteiger charge is 2.28. The molecule has 0 atom stereocenters. The van der Waals surface area contributed by atoms with Crippen molar-refractivity contribution in [3.63, 3.8) is 0 Å². The zero-order valence-electron chi connectivity index (χ0n) is 9.79. The maximum absolute atomic E-state index is 12.0. The minimum atomic E-state index is -4.33. The molecule has 0 amide bonds. The van der Waals surface area contributed by atoms with E-state index < -0.39 is 34.6 Å². The molecule has 0 saturated carbocycles. The number of hydrogen-bond donors (Lipinski definition) is 1. The Hall–Kier alpha value is -1.24. The molecule has 0 spiro atoms. The normalized spacial score (nSPS) is 12.7. The number of alkyl halides is 3. The molecule has 0 radical (unpaired) electrons. The summed E-state index contributed by atoms with van der Waals surface area (Å²) in [4.78, 5) is 0.00433. The lowest BCUT2D eigenvalue weighted by atomic mass is 10.2. The molecule has 0 saturated heterocycles. The molecular formula is C11H14F3NO2S. The van der Waals surface area contributed by atoms with Crippen LogP contribution in [-0.4, -0.2) is 20.3 Å². The van der Waals surface area contributed by atoms with Crippen LogP contribution >= 0.6 is 0 Å². The standard InChI is InChI=1S/C11H14F3NO2S/c1-8-9(15)4-2-5-10(8)18(16,17)7-3-6-11(12,13)14/h2,4-5H,3,6-7,15H2,1H3. The zero-order valence-corrected chi connectivity index (χ0v) is 10.6. The van der Waals surface area contributed by atoms with Crippen molar-refractivity contribution in [3.05, 3.63) is 23.8 Å². The van der Waals surface area contributed by atoms with Gasteiger partial charge in [-0.15, -0.1) is 0 Å². The first-order valence-corrected chi connectivity index (χ1v) is 6.93. The van der Waals surface area contributed by atoms with Gasteiger partial charge in [-0.2, -0.15) is 13.2 Å². The third-order valence-electron chi connectivity index (χ3n) is 2.53. The van der Waals surface area contributed by atoms with Gasteiger partial charge in [0.15, 0.2) is 9.84 Å². The molecule has 0 fully saturated rings. The van der Waals surface area contributed by atoms with Crippen molar-refractivity contribution in [2.24, 2.45) is 0 Å². The Morgan fingerprint density at radius 1 is 1.28 bits per heavy atom. The van der Waals surface area contributed by atoms with Crippen LogP contribution in [0.25, 0.3) is 0 Å². The highest BCUT2D eigenvalue weighted by molar-refractivity contribution is 7.91. The van der Waals surface area contributed by atoms with Crippen molar-refractivity contribution in [2.75, 3.05) is 11.5 Å². The molecule has 1 aromatic rings. The molecule has 1 rings (SSSR count). The van der Waals surface area contributed by atoms with E-state index in [1.807, 2.05) is 0 Å². The molecule has 2 N–H and O–H groups in total. The summed E-state index contributed by atoms with van der Waals surface area (Å²) in [5, 5.41) is 0. The number of hydrogen-bond acceptors (Lipinski definition) is 3. The van der Waals surface area contributed by atoms with Crippen LogP contribution in [0.2, 0.25) is 0 Å². The molecule has 0 heterocycles.